The molecule has 0 aromatic carbocycles. The fraction of sp³-hybridized carbons (Fsp3) is 0.600. The molecular weight excluding hydrogens is 358 g/mol. The summed E-state index contributed by atoms with van der Waals surface area (Å²) in [5, 5.41) is 16.8. The van der Waals surface area contributed by atoms with E-state index >= 15 is 0 Å². The first-order valence-corrected chi connectivity index (χ1v) is 10.5. The van der Waals surface area contributed by atoms with Gasteiger partial charge in [0.25, 0.3) is 5.91 Å². The number of aryl methyl sites for hydroxylation is 2. The van der Waals surface area contributed by atoms with Crippen LogP contribution in [0.2, 0.25) is 0 Å². The molecule has 1 amide bonds. The van der Waals surface area contributed by atoms with Gasteiger partial charge in [-0.1, -0.05) is 20.8 Å². The highest BCUT2D eigenvalue weighted by atomic mass is 32.2. The Morgan fingerprint density at radius 3 is 2.78 bits per heavy atom. The molecule has 2 saturated carbocycles. The Balaban J connectivity index is 1.54. The van der Waals surface area contributed by atoms with Crippen molar-refractivity contribution in [2.45, 2.75) is 60.4 Å². The monoisotopic (exact) mass is 385 g/mol. The molecule has 3 fully saturated rings. The van der Waals surface area contributed by atoms with Crippen molar-refractivity contribution in [1.29, 1.82) is 0 Å². The van der Waals surface area contributed by atoms with Crippen LogP contribution in [0.4, 0.5) is 0 Å². The van der Waals surface area contributed by atoms with Crippen molar-refractivity contribution in [2.75, 3.05) is 0 Å². The topological polar surface area (TPSA) is 71.6 Å². The van der Waals surface area contributed by atoms with Crippen molar-refractivity contribution in [3.8, 4) is 0 Å². The zero-order chi connectivity index (χ0) is 19.4. The molecular formula is C20H27N5OS. The molecule has 4 rings (SSSR count). The van der Waals surface area contributed by atoms with E-state index in [9.17, 15) is 4.79 Å². The molecule has 144 valence electrons. The highest BCUT2D eigenvalue weighted by Gasteiger charge is 2.60. The third kappa shape index (κ3) is 2.87. The molecule has 2 aliphatic carbocycles. The van der Waals surface area contributed by atoms with Gasteiger partial charge in [0.05, 0.1) is 10.6 Å². The van der Waals surface area contributed by atoms with E-state index in [2.05, 4.69) is 41.4 Å². The zero-order valence-electron chi connectivity index (χ0n) is 16.7. The molecule has 1 aliphatic heterocycles. The van der Waals surface area contributed by atoms with E-state index in [0.29, 0.717) is 16.0 Å². The van der Waals surface area contributed by atoms with Crippen LogP contribution >= 0.6 is 11.8 Å². The van der Waals surface area contributed by atoms with Gasteiger partial charge in [-0.15, -0.1) is 5.10 Å². The summed E-state index contributed by atoms with van der Waals surface area (Å²) < 4.78 is 1.87. The smallest absolute Gasteiger partial charge is 0.264 e. The standard InChI is InChI=1S/C20H27N5OS/c1-6-25-11-13(12(2)24-25)9-15-17(26)21-18(27-15)23-22-16-10-14-7-8-20(16,5)19(14,3)4/h9,11,14H,6-8,10H2,1-5H3,(H,21,23,26)/b15-9+,22-16-/t14-,20+/m0/s1. The van der Waals surface area contributed by atoms with Crippen molar-refractivity contribution < 1.29 is 4.79 Å². The average molecular weight is 386 g/mol. The lowest BCUT2D eigenvalue weighted by Gasteiger charge is -2.34. The van der Waals surface area contributed by atoms with E-state index in [4.69, 9.17) is 0 Å². The molecule has 7 heteroatoms. The molecule has 1 aromatic heterocycles. The van der Waals surface area contributed by atoms with Crippen LogP contribution in [0.1, 0.15) is 58.2 Å². The minimum absolute atomic E-state index is 0.123. The number of hydrogen-bond donors (Lipinski definition) is 1. The summed E-state index contributed by atoms with van der Waals surface area (Å²) in [6.45, 7) is 11.8. The maximum absolute atomic E-state index is 12.3. The summed E-state index contributed by atoms with van der Waals surface area (Å²) in [5.41, 5.74) is 3.47. The lowest BCUT2D eigenvalue weighted by Crippen LogP contribution is -2.32. The van der Waals surface area contributed by atoms with E-state index in [1.807, 2.05) is 30.8 Å². The molecule has 0 radical (unpaired) electrons. The summed E-state index contributed by atoms with van der Waals surface area (Å²) in [6.07, 6.45) is 7.33. The lowest BCUT2D eigenvalue weighted by atomic mass is 9.70. The van der Waals surface area contributed by atoms with E-state index < -0.39 is 0 Å². The number of thioether (sulfide) groups is 1. The highest BCUT2D eigenvalue weighted by molar-refractivity contribution is 8.18. The van der Waals surface area contributed by atoms with Gasteiger partial charge in [0, 0.05) is 29.4 Å². The van der Waals surface area contributed by atoms with Crippen molar-refractivity contribution in [2.24, 2.45) is 27.0 Å². The SMILES string of the molecule is CCn1cc(/C=C2/S/C(=N\N=C3\C[C@@H]4CC[C@@]3(C)C4(C)C)NC2=O)c(C)n1. The molecule has 2 atom stereocenters. The number of carbonyl (C=O) groups is 1. The average Bonchev–Trinajstić information content (AvgIpc) is 3.27. The predicted molar refractivity (Wildman–Crippen MR) is 110 cm³/mol. The molecule has 1 aromatic rings. The van der Waals surface area contributed by atoms with Gasteiger partial charge in [0.2, 0.25) is 0 Å². The number of fused-ring (bicyclic) bond motifs is 2. The second kappa shape index (κ2) is 6.33. The van der Waals surface area contributed by atoms with E-state index in [1.165, 1.54) is 30.3 Å². The van der Waals surface area contributed by atoms with Gasteiger partial charge in [-0.05, 0) is 62.3 Å². The lowest BCUT2D eigenvalue weighted by molar-refractivity contribution is -0.115. The van der Waals surface area contributed by atoms with Gasteiger partial charge in [0.15, 0.2) is 5.17 Å². The molecule has 2 heterocycles. The minimum atomic E-state index is -0.123. The van der Waals surface area contributed by atoms with E-state index in [-0.39, 0.29) is 16.7 Å². The van der Waals surface area contributed by atoms with E-state index in [0.717, 1.165) is 24.2 Å². The van der Waals surface area contributed by atoms with Crippen molar-refractivity contribution in [3.05, 3.63) is 22.4 Å². The molecule has 2 bridgehead atoms. The zero-order valence-corrected chi connectivity index (χ0v) is 17.5. The molecule has 6 nitrogen and oxygen atoms in total. The Hall–Kier alpha value is -1.89. The third-order valence-electron chi connectivity index (χ3n) is 7.02. The van der Waals surface area contributed by atoms with Gasteiger partial charge >= 0.3 is 0 Å². The number of carbonyl (C=O) groups excluding carboxylic acids is 1. The number of aromatic nitrogens is 2. The van der Waals surface area contributed by atoms with Crippen LogP contribution in [0.25, 0.3) is 6.08 Å². The van der Waals surface area contributed by atoms with Crippen LogP contribution < -0.4 is 5.32 Å². The third-order valence-corrected chi connectivity index (χ3v) is 7.92. The minimum Gasteiger partial charge on any atom is -0.299 e. The van der Waals surface area contributed by atoms with Crippen LogP contribution in [-0.4, -0.2) is 26.6 Å². The Labute approximate surface area is 164 Å². The van der Waals surface area contributed by atoms with Crippen LogP contribution in [0, 0.1) is 23.7 Å². The maximum atomic E-state index is 12.3. The van der Waals surface area contributed by atoms with E-state index in [1.54, 1.807) is 0 Å². The molecule has 3 aliphatic rings. The highest BCUT2D eigenvalue weighted by Crippen LogP contribution is 2.64. The molecule has 1 saturated heterocycles. The van der Waals surface area contributed by atoms with Crippen molar-refractivity contribution in [3.63, 3.8) is 0 Å². The number of amidine groups is 1. The number of nitrogens with one attached hydrogen (secondary N) is 1. The summed E-state index contributed by atoms with van der Waals surface area (Å²) in [4.78, 5) is 12.9. The Bertz CT molecular complexity index is 894. The van der Waals surface area contributed by atoms with Crippen LogP contribution in [-0.2, 0) is 11.3 Å². The van der Waals surface area contributed by atoms with Crippen molar-refractivity contribution in [1.82, 2.24) is 15.1 Å². The summed E-state index contributed by atoms with van der Waals surface area (Å²) in [5.74, 6) is 0.572. The Morgan fingerprint density at radius 2 is 2.19 bits per heavy atom. The molecule has 27 heavy (non-hydrogen) atoms. The Kier molecular flexibility index (Phi) is 4.33. The number of hydrogen-bond acceptors (Lipinski definition) is 5. The fourth-order valence-corrected chi connectivity index (χ4v) is 5.40. The van der Waals surface area contributed by atoms with Crippen LogP contribution in [0.3, 0.4) is 0 Å². The normalized spacial score (nSPS) is 33.6. The first-order chi connectivity index (χ1) is 12.7. The summed E-state index contributed by atoms with van der Waals surface area (Å²) >= 11 is 1.35. The molecule has 0 spiro atoms. The van der Waals surface area contributed by atoms with Crippen LogP contribution in [0.5, 0.6) is 0 Å². The second-order valence-electron chi connectivity index (χ2n) is 8.54. The second-order valence-corrected chi connectivity index (χ2v) is 9.57. The quantitative estimate of drug-likeness (QED) is 0.632. The largest absolute Gasteiger partial charge is 0.299 e. The predicted octanol–water partition coefficient (Wildman–Crippen LogP) is 3.97. The van der Waals surface area contributed by atoms with Crippen LogP contribution in [0.15, 0.2) is 21.3 Å². The van der Waals surface area contributed by atoms with Gasteiger partial charge in [-0.2, -0.15) is 10.2 Å². The fourth-order valence-electron chi connectivity index (χ4n) is 4.64. The first kappa shape index (κ1) is 18.5. The van der Waals surface area contributed by atoms with Gasteiger partial charge in [0.1, 0.15) is 0 Å². The first-order valence-electron chi connectivity index (χ1n) is 9.64. The van der Waals surface area contributed by atoms with Gasteiger partial charge in [-0.3, -0.25) is 14.8 Å². The van der Waals surface area contributed by atoms with Gasteiger partial charge in [-0.25, -0.2) is 0 Å². The number of amides is 1. The van der Waals surface area contributed by atoms with Crippen molar-refractivity contribution >= 4 is 34.6 Å². The number of nitrogens with zero attached hydrogens (tertiary/aromatic N) is 4. The maximum Gasteiger partial charge on any atom is 0.264 e. The molecule has 0 unspecified atom stereocenters. The molecule has 1 N–H and O–H groups in total. The summed E-state index contributed by atoms with van der Waals surface area (Å²) in [7, 11) is 0. The van der Waals surface area contributed by atoms with Gasteiger partial charge < -0.3 is 0 Å². The summed E-state index contributed by atoms with van der Waals surface area (Å²) in [6, 6.07) is 0. The number of rotatable bonds is 3. The Morgan fingerprint density at radius 1 is 1.41 bits per heavy atom.